The molecule has 0 spiro atoms. The summed E-state index contributed by atoms with van der Waals surface area (Å²) in [5.41, 5.74) is 0.585. The normalized spacial score (nSPS) is 10.3. The summed E-state index contributed by atoms with van der Waals surface area (Å²) in [6.07, 6.45) is 2.48. The van der Waals surface area contributed by atoms with E-state index in [9.17, 15) is 4.39 Å². The predicted molar refractivity (Wildman–Crippen MR) is 75.5 cm³/mol. The molecular formula is C13H14ClFN4. The number of nitrogens with one attached hydrogen (secondary N) is 2. The van der Waals surface area contributed by atoms with Crippen molar-refractivity contribution in [3.05, 3.63) is 41.3 Å². The van der Waals surface area contributed by atoms with E-state index in [-0.39, 0.29) is 5.82 Å². The van der Waals surface area contributed by atoms with Crippen molar-refractivity contribution in [3.8, 4) is 0 Å². The molecule has 0 aliphatic heterocycles. The van der Waals surface area contributed by atoms with Crippen molar-refractivity contribution >= 4 is 29.1 Å². The van der Waals surface area contributed by atoms with Gasteiger partial charge in [-0.05, 0) is 24.6 Å². The summed E-state index contributed by atoms with van der Waals surface area (Å²) in [5, 5.41) is 6.41. The molecule has 0 saturated carbocycles. The van der Waals surface area contributed by atoms with Gasteiger partial charge >= 0.3 is 0 Å². The maximum absolute atomic E-state index is 13.1. The van der Waals surface area contributed by atoms with Gasteiger partial charge in [-0.25, -0.2) is 9.37 Å². The molecule has 0 aliphatic carbocycles. The topological polar surface area (TPSA) is 49.8 Å². The van der Waals surface area contributed by atoms with Crippen LogP contribution in [0.4, 0.5) is 21.8 Å². The largest absolute Gasteiger partial charge is 0.354 e. The van der Waals surface area contributed by atoms with Crippen LogP contribution >= 0.6 is 11.6 Å². The fraction of sp³-hybridized carbons (Fsp3) is 0.231. The lowest BCUT2D eigenvalue weighted by Gasteiger charge is -2.09. The van der Waals surface area contributed by atoms with Gasteiger partial charge in [0.15, 0.2) is 5.82 Å². The van der Waals surface area contributed by atoms with Crippen molar-refractivity contribution in [3.63, 3.8) is 0 Å². The number of aromatic nitrogens is 2. The molecule has 0 unspecified atom stereocenters. The third kappa shape index (κ3) is 3.79. The molecule has 1 aromatic heterocycles. The molecule has 1 aromatic carbocycles. The van der Waals surface area contributed by atoms with Gasteiger partial charge in [0.05, 0.1) is 6.20 Å². The molecule has 0 fully saturated rings. The van der Waals surface area contributed by atoms with Gasteiger partial charge in [-0.1, -0.05) is 24.6 Å². The highest BCUT2D eigenvalue weighted by atomic mass is 35.5. The third-order valence-electron chi connectivity index (χ3n) is 2.36. The molecule has 2 N–H and O–H groups in total. The van der Waals surface area contributed by atoms with Crippen LogP contribution in [-0.4, -0.2) is 16.5 Å². The highest BCUT2D eigenvalue weighted by Gasteiger charge is 2.06. The SMILES string of the molecule is CCCNc1ncc(Cl)c(Nc2cccc(F)c2)n1. The molecule has 0 bridgehead atoms. The molecule has 0 radical (unpaired) electrons. The van der Waals surface area contributed by atoms with Gasteiger partial charge in [-0.3, -0.25) is 0 Å². The highest BCUT2D eigenvalue weighted by Crippen LogP contribution is 2.23. The molecule has 4 nitrogen and oxygen atoms in total. The van der Waals surface area contributed by atoms with E-state index in [0.29, 0.717) is 22.5 Å². The van der Waals surface area contributed by atoms with Crippen molar-refractivity contribution in [1.82, 2.24) is 9.97 Å². The van der Waals surface area contributed by atoms with Crippen LogP contribution in [0.25, 0.3) is 0 Å². The molecule has 0 atom stereocenters. The van der Waals surface area contributed by atoms with Crippen LogP contribution in [-0.2, 0) is 0 Å². The lowest BCUT2D eigenvalue weighted by molar-refractivity contribution is 0.628. The van der Waals surface area contributed by atoms with E-state index in [4.69, 9.17) is 11.6 Å². The molecule has 0 aliphatic rings. The van der Waals surface area contributed by atoms with Gasteiger partial charge in [0.2, 0.25) is 5.95 Å². The summed E-state index contributed by atoms with van der Waals surface area (Å²) < 4.78 is 13.1. The van der Waals surface area contributed by atoms with E-state index in [0.717, 1.165) is 13.0 Å². The number of hydrogen-bond acceptors (Lipinski definition) is 4. The van der Waals surface area contributed by atoms with Gasteiger partial charge in [-0.15, -0.1) is 0 Å². The van der Waals surface area contributed by atoms with Crippen LogP contribution in [0.3, 0.4) is 0 Å². The van der Waals surface area contributed by atoms with Gasteiger partial charge in [-0.2, -0.15) is 4.98 Å². The minimum atomic E-state index is -0.320. The zero-order valence-electron chi connectivity index (χ0n) is 10.5. The molecule has 6 heteroatoms. The van der Waals surface area contributed by atoms with Gasteiger partial charge < -0.3 is 10.6 Å². The number of halogens is 2. The first-order chi connectivity index (χ1) is 9.19. The van der Waals surface area contributed by atoms with Crippen molar-refractivity contribution in [2.75, 3.05) is 17.2 Å². The molecular weight excluding hydrogens is 267 g/mol. The average Bonchev–Trinajstić information content (AvgIpc) is 2.40. The molecule has 100 valence electrons. The Hall–Kier alpha value is -1.88. The number of nitrogens with zero attached hydrogens (tertiary/aromatic N) is 2. The Bertz CT molecular complexity index is 562. The fourth-order valence-electron chi connectivity index (χ4n) is 1.48. The van der Waals surface area contributed by atoms with Crippen molar-refractivity contribution in [2.24, 2.45) is 0 Å². The average molecular weight is 281 g/mol. The molecule has 19 heavy (non-hydrogen) atoms. The Balaban J connectivity index is 2.19. The van der Waals surface area contributed by atoms with Gasteiger partial charge in [0, 0.05) is 12.2 Å². The quantitative estimate of drug-likeness (QED) is 0.874. The Morgan fingerprint density at radius 2 is 2.21 bits per heavy atom. The zero-order valence-corrected chi connectivity index (χ0v) is 11.2. The first-order valence-electron chi connectivity index (χ1n) is 5.98. The van der Waals surface area contributed by atoms with E-state index in [1.54, 1.807) is 12.1 Å². The summed E-state index contributed by atoms with van der Waals surface area (Å²) in [5.74, 6) is 0.616. The van der Waals surface area contributed by atoms with Crippen LogP contribution in [0.1, 0.15) is 13.3 Å². The van der Waals surface area contributed by atoms with Crippen LogP contribution in [0.15, 0.2) is 30.5 Å². The summed E-state index contributed by atoms with van der Waals surface area (Å²) in [7, 11) is 0. The summed E-state index contributed by atoms with van der Waals surface area (Å²) >= 11 is 6.01. The first-order valence-corrected chi connectivity index (χ1v) is 6.36. The maximum atomic E-state index is 13.1. The Kier molecular flexibility index (Phi) is 4.52. The molecule has 0 saturated heterocycles. The van der Waals surface area contributed by atoms with Gasteiger partial charge in [0.25, 0.3) is 0 Å². The Labute approximate surface area is 116 Å². The summed E-state index contributed by atoms with van der Waals surface area (Å²) in [6.45, 7) is 2.83. The van der Waals surface area contributed by atoms with E-state index in [2.05, 4.69) is 27.5 Å². The van der Waals surface area contributed by atoms with E-state index in [1.165, 1.54) is 18.3 Å². The third-order valence-corrected chi connectivity index (χ3v) is 2.64. The van der Waals surface area contributed by atoms with Crippen LogP contribution < -0.4 is 10.6 Å². The Morgan fingerprint density at radius 3 is 2.95 bits per heavy atom. The minimum absolute atomic E-state index is 0.320. The monoisotopic (exact) mass is 280 g/mol. The standard InChI is InChI=1S/C13H14ClFN4/c1-2-6-16-13-17-8-11(14)12(19-13)18-10-5-3-4-9(15)7-10/h3-5,7-8H,2,6H2,1H3,(H2,16,17,18,19). The highest BCUT2D eigenvalue weighted by molar-refractivity contribution is 6.32. The smallest absolute Gasteiger partial charge is 0.224 e. The summed E-state index contributed by atoms with van der Waals surface area (Å²) in [6, 6.07) is 6.10. The zero-order chi connectivity index (χ0) is 13.7. The number of rotatable bonds is 5. The minimum Gasteiger partial charge on any atom is -0.354 e. The van der Waals surface area contributed by atoms with Crippen LogP contribution in [0, 0.1) is 5.82 Å². The number of anilines is 3. The first kappa shape index (κ1) is 13.5. The van der Waals surface area contributed by atoms with Crippen LogP contribution in [0.2, 0.25) is 5.02 Å². The number of benzene rings is 1. The lowest BCUT2D eigenvalue weighted by Crippen LogP contribution is -2.06. The molecule has 2 aromatic rings. The van der Waals surface area contributed by atoms with E-state index in [1.807, 2.05) is 0 Å². The molecule has 2 rings (SSSR count). The van der Waals surface area contributed by atoms with E-state index < -0.39 is 0 Å². The van der Waals surface area contributed by atoms with E-state index >= 15 is 0 Å². The summed E-state index contributed by atoms with van der Waals surface area (Å²) in [4.78, 5) is 8.31. The van der Waals surface area contributed by atoms with Crippen molar-refractivity contribution in [1.29, 1.82) is 0 Å². The maximum Gasteiger partial charge on any atom is 0.224 e. The second kappa shape index (κ2) is 6.33. The lowest BCUT2D eigenvalue weighted by atomic mass is 10.3. The fourth-order valence-corrected chi connectivity index (χ4v) is 1.62. The predicted octanol–water partition coefficient (Wildman–Crippen LogP) is 3.83. The van der Waals surface area contributed by atoms with Gasteiger partial charge in [0.1, 0.15) is 10.8 Å². The second-order valence-electron chi connectivity index (χ2n) is 3.95. The second-order valence-corrected chi connectivity index (χ2v) is 4.36. The van der Waals surface area contributed by atoms with Crippen molar-refractivity contribution in [2.45, 2.75) is 13.3 Å². The molecule has 0 amide bonds. The Morgan fingerprint density at radius 1 is 1.37 bits per heavy atom. The molecule has 1 heterocycles. The van der Waals surface area contributed by atoms with Crippen LogP contribution in [0.5, 0.6) is 0 Å². The van der Waals surface area contributed by atoms with Crippen molar-refractivity contribution < 1.29 is 4.39 Å². The number of hydrogen-bond donors (Lipinski definition) is 2.